The quantitative estimate of drug-likeness (QED) is 0.356. The number of hydrogen-bond donors (Lipinski definition) is 2. The fourth-order valence-corrected chi connectivity index (χ4v) is 2.81. The van der Waals surface area contributed by atoms with Gasteiger partial charge in [0.2, 0.25) is 0 Å². The number of nitrogens with two attached hydrogens (primary N) is 1. The van der Waals surface area contributed by atoms with E-state index in [1.165, 1.54) is 0 Å². The first-order valence-corrected chi connectivity index (χ1v) is 8.47. The molecule has 0 aromatic heterocycles. The molecule has 2 fully saturated rings. The number of carbonyl (C=O) groups is 1. The Kier molecular flexibility index (Phi) is 10.3. The van der Waals surface area contributed by atoms with Gasteiger partial charge in [-0.15, -0.1) is 24.0 Å². The number of aliphatic imine (C=N–C) groups is 1. The van der Waals surface area contributed by atoms with Crippen molar-refractivity contribution >= 4 is 36.0 Å². The third-order valence-electron chi connectivity index (χ3n) is 4.18. The highest BCUT2D eigenvalue weighted by molar-refractivity contribution is 14.0. The molecule has 140 valence electrons. The molecule has 3 N–H and O–H groups in total. The molecule has 24 heavy (non-hydrogen) atoms. The van der Waals surface area contributed by atoms with Gasteiger partial charge in [0.1, 0.15) is 0 Å². The highest BCUT2D eigenvalue weighted by atomic mass is 127. The number of carbonyl (C=O) groups excluding carboxylic acids is 1. The summed E-state index contributed by atoms with van der Waals surface area (Å²) in [6.45, 7) is 8.76. The van der Waals surface area contributed by atoms with Crippen LogP contribution < -0.4 is 11.1 Å². The predicted octanol–water partition coefficient (Wildman–Crippen LogP) is 0.462. The van der Waals surface area contributed by atoms with Crippen LogP contribution >= 0.6 is 24.0 Å². The minimum absolute atomic E-state index is 0. The van der Waals surface area contributed by atoms with E-state index in [9.17, 15) is 4.79 Å². The Morgan fingerprint density at radius 3 is 2.58 bits per heavy atom. The molecule has 2 saturated heterocycles. The Bertz CT molecular complexity index is 397. The highest BCUT2D eigenvalue weighted by Crippen LogP contribution is 2.11. The summed E-state index contributed by atoms with van der Waals surface area (Å²) in [5.41, 5.74) is 5.95. The van der Waals surface area contributed by atoms with Crippen LogP contribution in [0.25, 0.3) is 0 Å². The fourth-order valence-electron chi connectivity index (χ4n) is 2.81. The number of amides is 1. The van der Waals surface area contributed by atoms with Crippen LogP contribution in [0.3, 0.4) is 0 Å². The number of guanidine groups is 1. The summed E-state index contributed by atoms with van der Waals surface area (Å²) in [5, 5.41) is 3.25. The first kappa shape index (κ1) is 21.2. The summed E-state index contributed by atoms with van der Waals surface area (Å²) in [7, 11) is 0. The number of piperidine rings is 1. The molecule has 2 heterocycles. The normalized spacial score (nSPS) is 20.4. The number of halogens is 1. The van der Waals surface area contributed by atoms with Crippen molar-refractivity contribution in [2.24, 2.45) is 10.7 Å². The van der Waals surface area contributed by atoms with Gasteiger partial charge in [-0.25, -0.2) is 4.79 Å². The van der Waals surface area contributed by atoms with E-state index in [1.807, 2.05) is 6.92 Å². The van der Waals surface area contributed by atoms with E-state index in [0.29, 0.717) is 32.2 Å². The van der Waals surface area contributed by atoms with E-state index in [1.54, 1.807) is 4.90 Å². The fraction of sp³-hybridized carbons (Fsp3) is 0.867. The van der Waals surface area contributed by atoms with Gasteiger partial charge in [0.25, 0.3) is 0 Å². The highest BCUT2D eigenvalue weighted by Gasteiger charge is 2.23. The van der Waals surface area contributed by atoms with Crippen LogP contribution in [0.1, 0.15) is 19.8 Å². The van der Waals surface area contributed by atoms with Crippen LogP contribution in [-0.4, -0.2) is 87.0 Å². The molecule has 0 atom stereocenters. The zero-order chi connectivity index (χ0) is 16.5. The van der Waals surface area contributed by atoms with Gasteiger partial charge in [-0.1, -0.05) is 0 Å². The molecule has 0 bridgehead atoms. The standard InChI is InChI=1S/C15H29N5O3.HI/c1-2-23-15(21)20-6-3-13(4-7-20)18-14(16)17-5-8-19-9-11-22-12-10-19;/h13H,2-12H2,1H3,(H3,16,17,18);1H. The number of rotatable bonds is 5. The second-order valence-corrected chi connectivity index (χ2v) is 5.83. The number of morpholine rings is 1. The maximum atomic E-state index is 11.6. The second kappa shape index (κ2) is 11.7. The maximum absolute atomic E-state index is 11.6. The van der Waals surface area contributed by atoms with Crippen LogP contribution in [0, 0.1) is 0 Å². The number of likely N-dealkylation sites (tertiary alicyclic amines) is 1. The third kappa shape index (κ3) is 7.39. The molecule has 8 nitrogen and oxygen atoms in total. The van der Waals surface area contributed by atoms with Crippen LogP contribution in [0.5, 0.6) is 0 Å². The van der Waals surface area contributed by atoms with Gasteiger partial charge in [0.05, 0.1) is 26.4 Å². The molecule has 0 aromatic rings. The molecule has 0 spiro atoms. The van der Waals surface area contributed by atoms with Gasteiger partial charge in [-0.2, -0.15) is 0 Å². The largest absolute Gasteiger partial charge is 0.450 e. The summed E-state index contributed by atoms with van der Waals surface area (Å²) in [6.07, 6.45) is 1.50. The average molecular weight is 455 g/mol. The average Bonchev–Trinajstić information content (AvgIpc) is 2.57. The lowest BCUT2D eigenvalue weighted by atomic mass is 10.1. The molecule has 0 unspecified atom stereocenters. The summed E-state index contributed by atoms with van der Waals surface area (Å²) in [5.74, 6) is 0.493. The third-order valence-corrected chi connectivity index (χ3v) is 4.18. The molecule has 1 amide bonds. The van der Waals surface area contributed by atoms with E-state index in [2.05, 4.69) is 15.2 Å². The van der Waals surface area contributed by atoms with Crippen LogP contribution in [0.15, 0.2) is 4.99 Å². The van der Waals surface area contributed by atoms with E-state index in [0.717, 1.165) is 45.7 Å². The summed E-state index contributed by atoms with van der Waals surface area (Å²) >= 11 is 0. The lowest BCUT2D eigenvalue weighted by molar-refractivity contribution is 0.0394. The molecular formula is C15H30IN5O3. The van der Waals surface area contributed by atoms with Crippen molar-refractivity contribution in [1.29, 1.82) is 0 Å². The Balaban J connectivity index is 0.00000288. The Morgan fingerprint density at radius 2 is 1.96 bits per heavy atom. The summed E-state index contributed by atoms with van der Waals surface area (Å²) in [4.78, 5) is 20.1. The minimum Gasteiger partial charge on any atom is -0.450 e. The summed E-state index contributed by atoms with van der Waals surface area (Å²) < 4.78 is 10.3. The van der Waals surface area contributed by atoms with Crippen LogP contribution in [0.4, 0.5) is 4.79 Å². The van der Waals surface area contributed by atoms with Gasteiger partial charge in [0.15, 0.2) is 5.96 Å². The number of nitrogens with one attached hydrogen (secondary N) is 1. The van der Waals surface area contributed by atoms with Crippen LogP contribution in [0.2, 0.25) is 0 Å². The van der Waals surface area contributed by atoms with E-state index < -0.39 is 0 Å². The molecule has 0 saturated carbocycles. The molecular weight excluding hydrogens is 425 g/mol. The Morgan fingerprint density at radius 1 is 1.29 bits per heavy atom. The molecule has 9 heteroatoms. The summed E-state index contributed by atoms with van der Waals surface area (Å²) in [6, 6.07) is 0.271. The van der Waals surface area contributed by atoms with Gasteiger partial charge in [-0.05, 0) is 19.8 Å². The maximum Gasteiger partial charge on any atom is 0.409 e. The lowest BCUT2D eigenvalue weighted by Gasteiger charge is -2.31. The topological polar surface area (TPSA) is 92.4 Å². The van der Waals surface area contributed by atoms with E-state index >= 15 is 0 Å². The monoisotopic (exact) mass is 455 g/mol. The van der Waals surface area contributed by atoms with E-state index in [4.69, 9.17) is 15.2 Å². The van der Waals surface area contributed by atoms with E-state index in [-0.39, 0.29) is 36.1 Å². The Labute approximate surface area is 161 Å². The second-order valence-electron chi connectivity index (χ2n) is 5.83. The predicted molar refractivity (Wildman–Crippen MR) is 104 cm³/mol. The van der Waals surface area contributed by atoms with Crippen molar-refractivity contribution in [2.75, 3.05) is 59.1 Å². The van der Waals surface area contributed by atoms with Crippen molar-refractivity contribution in [3.8, 4) is 0 Å². The van der Waals surface area contributed by atoms with Gasteiger partial charge in [-0.3, -0.25) is 9.89 Å². The van der Waals surface area contributed by atoms with Crippen molar-refractivity contribution in [1.82, 2.24) is 15.1 Å². The van der Waals surface area contributed by atoms with Crippen molar-refractivity contribution in [3.05, 3.63) is 0 Å². The van der Waals surface area contributed by atoms with Crippen molar-refractivity contribution in [2.45, 2.75) is 25.8 Å². The number of hydrogen-bond acceptors (Lipinski definition) is 5. The number of ether oxygens (including phenoxy) is 2. The van der Waals surface area contributed by atoms with Crippen LogP contribution in [-0.2, 0) is 9.47 Å². The van der Waals surface area contributed by atoms with Crippen molar-refractivity contribution in [3.63, 3.8) is 0 Å². The molecule has 0 aliphatic carbocycles. The molecule has 2 rings (SSSR count). The number of nitrogens with zero attached hydrogens (tertiary/aromatic N) is 3. The molecule has 2 aliphatic heterocycles. The lowest BCUT2D eigenvalue weighted by Crippen LogP contribution is -2.48. The minimum atomic E-state index is -0.224. The SMILES string of the molecule is CCOC(=O)N1CCC(NC(N)=NCCN2CCOCC2)CC1.I. The van der Waals surface area contributed by atoms with Crippen molar-refractivity contribution < 1.29 is 14.3 Å². The smallest absolute Gasteiger partial charge is 0.409 e. The first-order chi connectivity index (χ1) is 11.2. The van der Waals surface area contributed by atoms with Gasteiger partial charge >= 0.3 is 6.09 Å². The molecule has 2 aliphatic rings. The zero-order valence-corrected chi connectivity index (χ0v) is 16.7. The van der Waals surface area contributed by atoms with Gasteiger partial charge in [0, 0.05) is 38.8 Å². The zero-order valence-electron chi connectivity index (χ0n) is 14.4. The molecule has 0 radical (unpaired) electrons. The van der Waals surface area contributed by atoms with Gasteiger partial charge < -0.3 is 25.4 Å². The Hall–Kier alpha value is -0.810. The molecule has 0 aromatic carbocycles. The first-order valence-electron chi connectivity index (χ1n) is 8.47.